The summed E-state index contributed by atoms with van der Waals surface area (Å²) in [6, 6.07) is 9.14. The van der Waals surface area contributed by atoms with Crippen LogP contribution in [0.5, 0.6) is 17.2 Å². The van der Waals surface area contributed by atoms with Crippen molar-refractivity contribution >= 4 is 17.1 Å². The van der Waals surface area contributed by atoms with Crippen molar-refractivity contribution in [2.45, 2.75) is 0 Å². The molecule has 0 aliphatic heterocycles. The summed E-state index contributed by atoms with van der Waals surface area (Å²) < 4.78 is 15.9. The molecule has 9 heteroatoms. The zero-order valence-corrected chi connectivity index (χ0v) is 14.6. The lowest BCUT2D eigenvalue weighted by atomic mass is 10.0. The summed E-state index contributed by atoms with van der Waals surface area (Å²) in [4.78, 5) is 10.3. The number of nitro benzene ring substituents is 1. The largest absolute Gasteiger partial charge is 0.496 e. The van der Waals surface area contributed by atoms with E-state index in [2.05, 4.69) is 5.43 Å². The molecule has 0 bridgehead atoms. The van der Waals surface area contributed by atoms with E-state index in [9.17, 15) is 10.1 Å². The number of methoxy groups -OCH3 is 3. The highest BCUT2D eigenvalue weighted by atomic mass is 16.6. The smallest absolute Gasteiger partial charge is 0.269 e. The van der Waals surface area contributed by atoms with Gasteiger partial charge in [0.05, 0.1) is 37.6 Å². The molecule has 26 heavy (non-hydrogen) atoms. The fourth-order valence-corrected chi connectivity index (χ4v) is 2.44. The maximum atomic E-state index is 10.8. The molecule has 0 saturated carbocycles. The third-order valence-electron chi connectivity index (χ3n) is 3.78. The quantitative estimate of drug-likeness (QED) is 0.295. The number of rotatable bonds is 7. The first-order valence-electron chi connectivity index (χ1n) is 7.48. The van der Waals surface area contributed by atoms with Crippen LogP contribution >= 0.6 is 0 Å². The SMILES string of the molecule is COc1cc(OC)c(/C(N)=C(/NN)c2ccc([N+](=O)[O-])cc2)cc1OC. The van der Waals surface area contributed by atoms with Gasteiger partial charge in [-0.2, -0.15) is 0 Å². The summed E-state index contributed by atoms with van der Waals surface area (Å²) in [5, 5.41) is 10.8. The Morgan fingerprint density at radius 1 is 1.00 bits per heavy atom. The molecule has 0 aliphatic carbocycles. The third-order valence-corrected chi connectivity index (χ3v) is 3.78. The van der Waals surface area contributed by atoms with Crippen molar-refractivity contribution in [3.8, 4) is 17.2 Å². The molecule has 0 radical (unpaired) electrons. The molecule has 0 atom stereocenters. The van der Waals surface area contributed by atoms with Crippen LogP contribution in [0, 0.1) is 10.1 Å². The van der Waals surface area contributed by atoms with E-state index in [1.165, 1.54) is 33.5 Å². The van der Waals surface area contributed by atoms with Crippen LogP contribution in [0.1, 0.15) is 11.1 Å². The Balaban J connectivity index is 2.61. The summed E-state index contributed by atoms with van der Waals surface area (Å²) in [5.41, 5.74) is 10.6. The summed E-state index contributed by atoms with van der Waals surface area (Å²) in [6.07, 6.45) is 0. The van der Waals surface area contributed by atoms with E-state index in [0.717, 1.165) is 0 Å². The van der Waals surface area contributed by atoms with Crippen molar-refractivity contribution < 1.29 is 19.1 Å². The molecule has 0 saturated heterocycles. The minimum absolute atomic E-state index is 0.0348. The molecule has 5 N–H and O–H groups in total. The number of hydrogen-bond acceptors (Lipinski definition) is 8. The molecule has 9 nitrogen and oxygen atoms in total. The van der Waals surface area contributed by atoms with Gasteiger partial charge in [-0.15, -0.1) is 0 Å². The Kier molecular flexibility index (Phi) is 5.86. The Morgan fingerprint density at radius 3 is 2.00 bits per heavy atom. The molecule has 0 amide bonds. The monoisotopic (exact) mass is 360 g/mol. The van der Waals surface area contributed by atoms with Crippen molar-refractivity contribution in [3.05, 3.63) is 57.6 Å². The highest BCUT2D eigenvalue weighted by molar-refractivity contribution is 5.90. The zero-order valence-electron chi connectivity index (χ0n) is 14.6. The normalized spacial score (nSPS) is 11.4. The second kappa shape index (κ2) is 8.08. The van der Waals surface area contributed by atoms with E-state index in [1.54, 1.807) is 24.3 Å². The van der Waals surface area contributed by atoms with Gasteiger partial charge >= 0.3 is 0 Å². The van der Waals surface area contributed by atoms with Gasteiger partial charge in [-0.3, -0.25) is 16.0 Å². The number of nitrogens with two attached hydrogens (primary N) is 2. The first kappa shape index (κ1) is 18.9. The van der Waals surface area contributed by atoms with E-state index >= 15 is 0 Å². The molecule has 0 spiro atoms. The fraction of sp³-hybridized carbons (Fsp3) is 0.176. The predicted octanol–water partition coefficient (Wildman–Crippen LogP) is 1.87. The van der Waals surface area contributed by atoms with Crippen LogP contribution < -0.4 is 31.2 Å². The summed E-state index contributed by atoms with van der Waals surface area (Å²) in [6.45, 7) is 0. The lowest BCUT2D eigenvalue weighted by Gasteiger charge is -2.17. The number of benzene rings is 2. The highest BCUT2D eigenvalue weighted by Crippen LogP contribution is 2.38. The zero-order chi connectivity index (χ0) is 19.3. The van der Waals surface area contributed by atoms with Crippen LogP contribution in [0.3, 0.4) is 0 Å². The van der Waals surface area contributed by atoms with Crippen LogP contribution in [-0.2, 0) is 0 Å². The minimum atomic E-state index is -0.482. The standard InChI is InChI=1S/C17H20N4O5/c1-24-13-9-15(26-3)14(25-2)8-12(13)16(18)17(20-19)10-4-6-11(7-5-10)21(22)23/h4-9,20H,18-19H2,1-3H3/b17-16-. The van der Waals surface area contributed by atoms with Gasteiger partial charge in [0, 0.05) is 29.3 Å². The first-order chi connectivity index (χ1) is 12.5. The van der Waals surface area contributed by atoms with Gasteiger partial charge in [0.15, 0.2) is 11.5 Å². The Hall–Kier alpha value is -3.46. The molecule has 0 unspecified atom stereocenters. The molecular formula is C17H20N4O5. The Morgan fingerprint density at radius 2 is 1.54 bits per heavy atom. The Bertz CT molecular complexity index is 834. The van der Waals surface area contributed by atoms with E-state index in [-0.39, 0.29) is 11.4 Å². The summed E-state index contributed by atoms with van der Waals surface area (Å²) >= 11 is 0. The predicted molar refractivity (Wildman–Crippen MR) is 97.5 cm³/mol. The molecule has 0 aliphatic rings. The minimum Gasteiger partial charge on any atom is -0.496 e. The maximum absolute atomic E-state index is 10.8. The lowest BCUT2D eigenvalue weighted by molar-refractivity contribution is -0.384. The first-order valence-corrected chi connectivity index (χ1v) is 7.48. The van der Waals surface area contributed by atoms with Crippen LogP contribution in [0.15, 0.2) is 36.4 Å². The number of hydrogen-bond donors (Lipinski definition) is 3. The molecule has 0 aromatic heterocycles. The lowest BCUT2D eigenvalue weighted by Crippen LogP contribution is -2.23. The van der Waals surface area contributed by atoms with Gasteiger partial charge in [0.1, 0.15) is 5.75 Å². The highest BCUT2D eigenvalue weighted by Gasteiger charge is 2.17. The van der Waals surface area contributed by atoms with Crippen molar-refractivity contribution in [3.63, 3.8) is 0 Å². The van der Waals surface area contributed by atoms with E-state index in [4.69, 9.17) is 25.8 Å². The van der Waals surface area contributed by atoms with Crippen molar-refractivity contribution in [1.29, 1.82) is 0 Å². The summed E-state index contributed by atoms with van der Waals surface area (Å²) in [7, 11) is 4.52. The van der Waals surface area contributed by atoms with Gasteiger partial charge in [-0.05, 0) is 18.2 Å². The van der Waals surface area contributed by atoms with Crippen LogP contribution in [0.25, 0.3) is 11.4 Å². The number of ether oxygens (including phenoxy) is 3. The third kappa shape index (κ3) is 3.62. The van der Waals surface area contributed by atoms with Gasteiger partial charge in [-0.1, -0.05) is 0 Å². The molecule has 0 fully saturated rings. The fourth-order valence-electron chi connectivity index (χ4n) is 2.44. The molecule has 2 aromatic carbocycles. The molecule has 2 aromatic rings. The number of nitrogens with zero attached hydrogens (tertiary/aromatic N) is 1. The molecule has 0 heterocycles. The number of hydrazine groups is 1. The summed E-state index contributed by atoms with van der Waals surface area (Å²) in [5.74, 6) is 7.04. The topological polar surface area (TPSA) is 135 Å². The van der Waals surface area contributed by atoms with Crippen molar-refractivity contribution in [2.75, 3.05) is 21.3 Å². The van der Waals surface area contributed by atoms with Crippen molar-refractivity contribution in [2.24, 2.45) is 11.6 Å². The number of nitro groups is 1. The second-order valence-electron chi connectivity index (χ2n) is 5.14. The van der Waals surface area contributed by atoms with Crippen LogP contribution in [0.4, 0.5) is 5.69 Å². The van der Waals surface area contributed by atoms with Crippen molar-refractivity contribution in [1.82, 2.24) is 5.43 Å². The van der Waals surface area contributed by atoms with Crippen LogP contribution in [-0.4, -0.2) is 26.3 Å². The maximum Gasteiger partial charge on any atom is 0.269 e. The molecule has 138 valence electrons. The molecule has 2 rings (SSSR count). The van der Waals surface area contributed by atoms with Gasteiger partial charge in [-0.25, -0.2) is 0 Å². The second-order valence-corrected chi connectivity index (χ2v) is 5.14. The number of non-ortho nitro benzene ring substituents is 1. The van der Waals surface area contributed by atoms with Gasteiger partial charge in [0.25, 0.3) is 5.69 Å². The Labute approximate surface area is 150 Å². The molecular weight excluding hydrogens is 340 g/mol. The number of nitrogens with one attached hydrogen (secondary N) is 1. The van der Waals surface area contributed by atoms with Gasteiger partial charge < -0.3 is 25.4 Å². The average molecular weight is 360 g/mol. The van der Waals surface area contributed by atoms with E-state index in [0.29, 0.717) is 34.1 Å². The average Bonchev–Trinajstić information content (AvgIpc) is 2.67. The van der Waals surface area contributed by atoms with E-state index < -0.39 is 4.92 Å². The van der Waals surface area contributed by atoms with Crippen LogP contribution in [0.2, 0.25) is 0 Å². The van der Waals surface area contributed by atoms with Gasteiger partial charge in [0.2, 0.25) is 0 Å². The van der Waals surface area contributed by atoms with E-state index in [1.807, 2.05) is 0 Å².